The van der Waals surface area contributed by atoms with Gasteiger partial charge in [-0.25, -0.2) is 18.1 Å². The summed E-state index contributed by atoms with van der Waals surface area (Å²) in [4.78, 5) is 18.8. The van der Waals surface area contributed by atoms with Crippen LogP contribution in [0.25, 0.3) is 5.69 Å². The first-order valence-electron chi connectivity index (χ1n) is 10.6. The lowest BCUT2D eigenvalue weighted by molar-refractivity contribution is 0.0742. The van der Waals surface area contributed by atoms with E-state index in [0.717, 1.165) is 11.3 Å². The van der Waals surface area contributed by atoms with Crippen molar-refractivity contribution in [3.8, 4) is 5.69 Å². The Hall–Kier alpha value is -3.98. The summed E-state index contributed by atoms with van der Waals surface area (Å²) in [6, 6.07) is 22.4. The molecule has 1 unspecified atom stereocenters. The van der Waals surface area contributed by atoms with Crippen LogP contribution in [0.15, 0.2) is 96.4 Å². The number of para-hydroxylation sites is 1. The molecule has 0 saturated carbocycles. The molecular weight excluding hydrogens is 450 g/mol. The van der Waals surface area contributed by atoms with Gasteiger partial charge in [-0.3, -0.25) is 9.10 Å². The molecule has 34 heavy (non-hydrogen) atoms. The second-order valence-electron chi connectivity index (χ2n) is 7.86. The van der Waals surface area contributed by atoms with Crippen LogP contribution in [-0.4, -0.2) is 48.1 Å². The van der Waals surface area contributed by atoms with E-state index >= 15 is 0 Å². The Morgan fingerprint density at radius 2 is 1.56 bits per heavy atom. The van der Waals surface area contributed by atoms with Gasteiger partial charge in [0, 0.05) is 19.7 Å². The molecule has 0 bridgehead atoms. The van der Waals surface area contributed by atoms with Crippen molar-refractivity contribution >= 4 is 21.6 Å². The number of sulfonamides is 1. The van der Waals surface area contributed by atoms with Crippen LogP contribution in [0.3, 0.4) is 0 Å². The molecule has 1 atom stereocenters. The number of rotatable bonds is 7. The minimum absolute atomic E-state index is 0.120. The zero-order chi connectivity index (χ0) is 24.3. The molecule has 0 N–H and O–H groups in total. The van der Waals surface area contributed by atoms with Crippen LogP contribution in [0, 0.1) is 0 Å². The Balaban J connectivity index is 1.48. The summed E-state index contributed by atoms with van der Waals surface area (Å²) in [5.74, 6) is -0.201. The zero-order valence-corrected chi connectivity index (χ0v) is 19.9. The van der Waals surface area contributed by atoms with E-state index in [1.54, 1.807) is 59.4 Å². The predicted octanol–water partition coefficient (Wildman–Crippen LogP) is 3.93. The number of carbonyl (C=O) groups excluding carboxylic acids is 1. The third-order valence-corrected chi connectivity index (χ3v) is 7.64. The summed E-state index contributed by atoms with van der Waals surface area (Å²) in [5, 5.41) is 4.11. The van der Waals surface area contributed by atoms with Crippen LogP contribution in [0.5, 0.6) is 0 Å². The van der Waals surface area contributed by atoms with E-state index in [-0.39, 0.29) is 16.8 Å². The lowest BCUT2D eigenvalue weighted by atomic mass is 10.1. The molecule has 1 aromatic heterocycles. The summed E-state index contributed by atoms with van der Waals surface area (Å²) in [6.45, 7) is 1.94. The molecule has 1 amide bonds. The molecule has 4 rings (SSSR count). The molecule has 0 fully saturated rings. The fraction of sp³-hybridized carbons (Fsp3) is 0.160. The Labute approximate surface area is 199 Å². The van der Waals surface area contributed by atoms with Crippen molar-refractivity contribution in [1.82, 2.24) is 19.7 Å². The number of anilines is 1. The molecule has 0 radical (unpaired) electrons. The average Bonchev–Trinajstić information content (AvgIpc) is 3.43. The highest BCUT2D eigenvalue weighted by Gasteiger charge is 2.23. The Morgan fingerprint density at radius 3 is 2.15 bits per heavy atom. The van der Waals surface area contributed by atoms with Crippen molar-refractivity contribution in [1.29, 1.82) is 0 Å². The normalized spacial score (nSPS) is 12.2. The van der Waals surface area contributed by atoms with E-state index in [4.69, 9.17) is 0 Å². The molecule has 0 aliphatic heterocycles. The van der Waals surface area contributed by atoms with Gasteiger partial charge in [0.15, 0.2) is 0 Å². The first kappa shape index (κ1) is 23.2. The second-order valence-corrected chi connectivity index (χ2v) is 9.83. The van der Waals surface area contributed by atoms with Crippen LogP contribution in [0.4, 0.5) is 5.69 Å². The topological polar surface area (TPSA) is 88.4 Å². The standard InChI is InChI=1S/C25H25N5O3S/c1-19(20-9-13-23(14-10-20)30-18-26-17-27-30)28(2)25(31)21-11-15-24(16-12-21)34(32,33)29(3)22-7-5-4-6-8-22/h4-19H,1-3H3. The predicted molar refractivity (Wildman–Crippen MR) is 130 cm³/mol. The minimum atomic E-state index is -3.74. The van der Waals surface area contributed by atoms with Crippen molar-refractivity contribution in [3.63, 3.8) is 0 Å². The number of hydrogen-bond acceptors (Lipinski definition) is 5. The highest BCUT2D eigenvalue weighted by Crippen LogP contribution is 2.24. The molecule has 0 spiro atoms. The van der Waals surface area contributed by atoms with Crippen molar-refractivity contribution in [3.05, 3.63) is 103 Å². The maximum atomic E-state index is 13.1. The van der Waals surface area contributed by atoms with Crippen LogP contribution in [-0.2, 0) is 10.0 Å². The van der Waals surface area contributed by atoms with Gasteiger partial charge in [-0.05, 0) is 61.0 Å². The van der Waals surface area contributed by atoms with E-state index in [1.807, 2.05) is 37.3 Å². The lowest BCUT2D eigenvalue weighted by Crippen LogP contribution is -2.30. The molecule has 0 aliphatic carbocycles. The summed E-state index contributed by atoms with van der Waals surface area (Å²) in [6.07, 6.45) is 3.09. The fourth-order valence-electron chi connectivity index (χ4n) is 3.55. The third-order valence-electron chi connectivity index (χ3n) is 5.84. The lowest BCUT2D eigenvalue weighted by Gasteiger charge is -2.26. The van der Waals surface area contributed by atoms with E-state index in [2.05, 4.69) is 10.1 Å². The molecular formula is C25H25N5O3S. The van der Waals surface area contributed by atoms with E-state index < -0.39 is 10.0 Å². The van der Waals surface area contributed by atoms with Crippen molar-refractivity contribution in [2.24, 2.45) is 0 Å². The van der Waals surface area contributed by atoms with Gasteiger partial charge in [0.2, 0.25) is 0 Å². The SMILES string of the molecule is CC(c1ccc(-n2cncn2)cc1)N(C)C(=O)c1ccc(S(=O)(=O)N(C)c2ccccc2)cc1. The summed E-state index contributed by atoms with van der Waals surface area (Å²) in [5.41, 5.74) is 2.81. The number of amides is 1. The van der Waals surface area contributed by atoms with Gasteiger partial charge >= 0.3 is 0 Å². The molecule has 174 valence electrons. The number of carbonyl (C=O) groups is 1. The van der Waals surface area contributed by atoms with Gasteiger partial charge < -0.3 is 4.90 Å². The Bertz CT molecular complexity index is 1350. The summed E-state index contributed by atoms with van der Waals surface area (Å²) >= 11 is 0. The molecule has 1 heterocycles. The van der Waals surface area contributed by atoms with Gasteiger partial charge in [-0.15, -0.1) is 0 Å². The van der Waals surface area contributed by atoms with Gasteiger partial charge in [0.05, 0.1) is 22.3 Å². The highest BCUT2D eigenvalue weighted by atomic mass is 32.2. The van der Waals surface area contributed by atoms with Gasteiger partial charge in [-0.1, -0.05) is 30.3 Å². The highest BCUT2D eigenvalue weighted by molar-refractivity contribution is 7.92. The Morgan fingerprint density at radius 1 is 0.912 bits per heavy atom. The van der Waals surface area contributed by atoms with Crippen molar-refractivity contribution < 1.29 is 13.2 Å². The third kappa shape index (κ3) is 4.55. The number of benzene rings is 3. The zero-order valence-electron chi connectivity index (χ0n) is 19.1. The van der Waals surface area contributed by atoms with E-state index in [0.29, 0.717) is 11.3 Å². The molecule has 9 heteroatoms. The quantitative estimate of drug-likeness (QED) is 0.404. The molecule has 0 aliphatic rings. The maximum absolute atomic E-state index is 13.1. The van der Waals surface area contributed by atoms with Crippen LogP contribution in [0.1, 0.15) is 28.9 Å². The molecule has 8 nitrogen and oxygen atoms in total. The molecule has 4 aromatic rings. The second kappa shape index (κ2) is 9.48. The Kier molecular flexibility index (Phi) is 6.47. The van der Waals surface area contributed by atoms with E-state index in [1.165, 1.54) is 29.8 Å². The summed E-state index contributed by atoms with van der Waals surface area (Å²) in [7, 11) is -0.504. The minimum Gasteiger partial charge on any atom is -0.335 e. The van der Waals surface area contributed by atoms with Crippen LogP contribution < -0.4 is 4.31 Å². The van der Waals surface area contributed by atoms with Gasteiger partial charge in [0.25, 0.3) is 15.9 Å². The maximum Gasteiger partial charge on any atom is 0.264 e. The van der Waals surface area contributed by atoms with Crippen molar-refractivity contribution in [2.45, 2.75) is 17.9 Å². The first-order valence-corrected chi connectivity index (χ1v) is 12.1. The molecule has 0 saturated heterocycles. The largest absolute Gasteiger partial charge is 0.335 e. The van der Waals surface area contributed by atoms with E-state index in [9.17, 15) is 13.2 Å². The number of nitrogens with zero attached hydrogens (tertiary/aromatic N) is 5. The van der Waals surface area contributed by atoms with Crippen molar-refractivity contribution in [2.75, 3.05) is 18.4 Å². The van der Waals surface area contributed by atoms with Gasteiger partial charge in [-0.2, -0.15) is 5.10 Å². The summed E-state index contributed by atoms with van der Waals surface area (Å²) < 4.78 is 28.8. The molecule has 3 aromatic carbocycles. The van der Waals surface area contributed by atoms with Gasteiger partial charge in [0.1, 0.15) is 12.7 Å². The average molecular weight is 476 g/mol. The van der Waals surface area contributed by atoms with Crippen LogP contribution in [0.2, 0.25) is 0 Å². The van der Waals surface area contributed by atoms with Crippen LogP contribution >= 0.6 is 0 Å². The number of hydrogen-bond donors (Lipinski definition) is 0. The first-order chi connectivity index (χ1) is 16.3. The monoisotopic (exact) mass is 475 g/mol. The fourth-order valence-corrected chi connectivity index (χ4v) is 4.75. The smallest absolute Gasteiger partial charge is 0.264 e. The number of aromatic nitrogens is 3.